The monoisotopic (exact) mass is 348 g/mol. The van der Waals surface area contributed by atoms with Gasteiger partial charge in [-0.15, -0.1) is 0 Å². The number of nitrogens with one attached hydrogen (secondary N) is 1. The van der Waals surface area contributed by atoms with Gasteiger partial charge in [0.2, 0.25) is 5.91 Å². The Labute approximate surface area is 156 Å². The first kappa shape index (κ1) is 17.3. The summed E-state index contributed by atoms with van der Waals surface area (Å²) in [4.78, 5) is 15.1. The molecule has 1 N–H and O–H groups in total. The molecule has 26 heavy (non-hydrogen) atoms. The van der Waals surface area contributed by atoms with E-state index in [1.807, 2.05) is 30.3 Å². The van der Waals surface area contributed by atoms with Crippen LogP contribution in [-0.2, 0) is 17.6 Å². The van der Waals surface area contributed by atoms with Gasteiger partial charge in [-0.05, 0) is 43.2 Å². The number of piperidine rings is 1. The molecule has 2 unspecified atom stereocenters. The Kier molecular flexibility index (Phi) is 5.35. The predicted molar refractivity (Wildman–Crippen MR) is 105 cm³/mol. The van der Waals surface area contributed by atoms with E-state index >= 15 is 0 Å². The largest absolute Gasteiger partial charge is 0.353 e. The molecule has 2 aromatic rings. The molecule has 3 heteroatoms. The lowest BCUT2D eigenvalue weighted by Gasteiger charge is -2.39. The van der Waals surface area contributed by atoms with Crippen LogP contribution in [-0.4, -0.2) is 35.5 Å². The second-order valence-electron chi connectivity index (χ2n) is 7.76. The van der Waals surface area contributed by atoms with E-state index in [-0.39, 0.29) is 5.91 Å². The summed E-state index contributed by atoms with van der Waals surface area (Å²) in [6, 6.07) is 22.4. The molecule has 0 aromatic heterocycles. The zero-order valence-electron chi connectivity index (χ0n) is 15.3. The lowest BCUT2D eigenvalue weighted by Crippen LogP contribution is -2.51. The zero-order valence-corrected chi connectivity index (χ0v) is 15.3. The Balaban J connectivity index is 1.28. The molecule has 1 amide bonds. The lowest BCUT2D eigenvalue weighted by atomic mass is 9.96. The summed E-state index contributed by atoms with van der Waals surface area (Å²) >= 11 is 0. The number of carbonyl (C=O) groups excluding carboxylic acids is 1. The third-order valence-electron chi connectivity index (χ3n) is 5.96. The molecule has 2 heterocycles. The van der Waals surface area contributed by atoms with E-state index in [4.69, 9.17) is 0 Å². The van der Waals surface area contributed by atoms with E-state index in [0.29, 0.717) is 24.5 Å². The summed E-state index contributed by atoms with van der Waals surface area (Å²) < 4.78 is 0. The Morgan fingerprint density at radius 3 is 2.08 bits per heavy atom. The maximum absolute atomic E-state index is 12.4. The molecule has 0 aliphatic carbocycles. The van der Waals surface area contributed by atoms with Crippen LogP contribution in [0.2, 0.25) is 0 Å². The lowest BCUT2D eigenvalue weighted by molar-refractivity contribution is -0.121. The van der Waals surface area contributed by atoms with Crippen molar-refractivity contribution in [2.24, 2.45) is 0 Å². The van der Waals surface area contributed by atoms with Crippen molar-refractivity contribution >= 4 is 5.91 Å². The second kappa shape index (κ2) is 8.05. The summed E-state index contributed by atoms with van der Waals surface area (Å²) in [7, 11) is 0. The van der Waals surface area contributed by atoms with Crippen LogP contribution in [0.5, 0.6) is 0 Å². The first-order valence-electron chi connectivity index (χ1n) is 9.91. The topological polar surface area (TPSA) is 32.3 Å². The van der Waals surface area contributed by atoms with Crippen LogP contribution in [0.25, 0.3) is 0 Å². The molecule has 2 aliphatic rings. The minimum Gasteiger partial charge on any atom is -0.353 e. The van der Waals surface area contributed by atoms with Crippen molar-refractivity contribution in [3.05, 3.63) is 71.8 Å². The molecule has 136 valence electrons. The fraction of sp³-hybridized carbons (Fsp3) is 0.435. The number of hydrogen-bond donors (Lipinski definition) is 1. The van der Waals surface area contributed by atoms with E-state index in [1.54, 1.807) is 0 Å². The van der Waals surface area contributed by atoms with E-state index in [9.17, 15) is 4.79 Å². The van der Waals surface area contributed by atoms with Gasteiger partial charge in [-0.3, -0.25) is 9.69 Å². The van der Waals surface area contributed by atoms with E-state index < -0.39 is 0 Å². The fourth-order valence-electron chi connectivity index (χ4n) is 4.72. The molecular formula is C23H28N2O. The highest BCUT2D eigenvalue weighted by Gasteiger charge is 2.40. The fourth-order valence-corrected chi connectivity index (χ4v) is 4.72. The van der Waals surface area contributed by atoms with Crippen molar-refractivity contribution in [2.45, 2.75) is 56.7 Å². The van der Waals surface area contributed by atoms with Gasteiger partial charge >= 0.3 is 0 Å². The summed E-state index contributed by atoms with van der Waals surface area (Å²) in [6.45, 7) is 1.14. The molecule has 2 aliphatic heterocycles. The Hall–Kier alpha value is -2.13. The third kappa shape index (κ3) is 4.16. The van der Waals surface area contributed by atoms with Crippen LogP contribution < -0.4 is 5.32 Å². The zero-order chi connectivity index (χ0) is 17.8. The summed E-state index contributed by atoms with van der Waals surface area (Å²) in [6.07, 6.45) is 6.38. The first-order chi connectivity index (χ1) is 12.8. The molecule has 2 aromatic carbocycles. The molecule has 0 saturated carbocycles. The van der Waals surface area contributed by atoms with Crippen LogP contribution >= 0.6 is 0 Å². The summed E-state index contributed by atoms with van der Waals surface area (Å²) in [5.74, 6) is 0.165. The average Bonchev–Trinajstić information content (AvgIpc) is 2.90. The predicted octanol–water partition coefficient (Wildman–Crippen LogP) is 3.58. The van der Waals surface area contributed by atoms with Gasteiger partial charge in [-0.25, -0.2) is 0 Å². The number of nitrogens with zero attached hydrogens (tertiary/aromatic N) is 1. The standard InChI is InChI=1S/C23H28N2O/c26-23(15-19-9-5-2-6-10-19)24-20-16-21-11-12-22(17-20)25(21)14-13-18-7-3-1-4-8-18/h1-10,20-22H,11-17H2,(H,24,26). The van der Waals surface area contributed by atoms with Gasteiger partial charge in [0.15, 0.2) is 0 Å². The molecule has 2 atom stereocenters. The number of carbonyl (C=O) groups is 1. The van der Waals surface area contributed by atoms with Gasteiger partial charge in [-0.2, -0.15) is 0 Å². The number of amides is 1. The number of fused-ring (bicyclic) bond motifs is 2. The van der Waals surface area contributed by atoms with E-state index in [1.165, 1.54) is 18.4 Å². The van der Waals surface area contributed by atoms with Crippen LogP contribution in [0.3, 0.4) is 0 Å². The first-order valence-corrected chi connectivity index (χ1v) is 9.91. The van der Waals surface area contributed by atoms with Crippen molar-refractivity contribution in [3.8, 4) is 0 Å². The highest BCUT2D eigenvalue weighted by molar-refractivity contribution is 5.78. The van der Waals surface area contributed by atoms with Crippen molar-refractivity contribution in [1.29, 1.82) is 0 Å². The van der Waals surface area contributed by atoms with Crippen LogP contribution in [0.1, 0.15) is 36.8 Å². The van der Waals surface area contributed by atoms with Crippen LogP contribution in [0.15, 0.2) is 60.7 Å². The highest BCUT2D eigenvalue weighted by atomic mass is 16.1. The van der Waals surface area contributed by atoms with E-state index in [0.717, 1.165) is 31.4 Å². The van der Waals surface area contributed by atoms with Gasteiger partial charge in [0.25, 0.3) is 0 Å². The van der Waals surface area contributed by atoms with E-state index in [2.05, 4.69) is 40.5 Å². The normalized spacial score (nSPS) is 25.2. The quantitative estimate of drug-likeness (QED) is 0.865. The molecule has 2 saturated heterocycles. The van der Waals surface area contributed by atoms with Gasteiger partial charge in [0, 0.05) is 24.7 Å². The molecule has 2 fully saturated rings. The van der Waals surface area contributed by atoms with Crippen molar-refractivity contribution in [2.75, 3.05) is 6.54 Å². The molecule has 4 rings (SSSR count). The van der Waals surface area contributed by atoms with Crippen molar-refractivity contribution in [3.63, 3.8) is 0 Å². The summed E-state index contributed by atoms with van der Waals surface area (Å²) in [5, 5.41) is 3.30. The number of rotatable bonds is 6. The smallest absolute Gasteiger partial charge is 0.224 e. The maximum Gasteiger partial charge on any atom is 0.224 e. The van der Waals surface area contributed by atoms with Crippen LogP contribution in [0.4, 0.5) is 0 Å². The minimum atomic E-state index is 0.165. The number of hydrogen-bond acceptors (Lipinski definition) is 2. The third-order valence-corrected chi connectivity index (χ3v) is 5.96. The molecule has 0 radical (unpaired) electrons. The number of benzene rings is 2. The Bertz CT molecular complexity index is 702. The average molecular weight is 348 g/mol. The summed E-state index contributed by atoms with van der Waals surface area (Å²) in [5.41, 5.74) is 2.51. The van der Waals surface area contributed by atoms with Crippen molar-refractivity contribution < 1.29 is 4.79 Å². The van der Waals surface area contributed by atoms with Crippen LogP contribution in [0, 0.1) is 0 Å². The van der Waals surface area contributed by atoms with Crippen molar-refractivity contribution in [1.82, 2.24) is 10.2 Å². The van der Waals surface area contributed by atoms with Gasteiger partial charge in [0.05, 0.1) is 6.42 Å². The molecule has 2 bridgehead atoms. The maximum atomic E-state index is 12.4. The van der Waals surface area contributed by atoms with Gasteiger partial charge in [0.1, 0.15) is 0 Å². The Morgan fingerprint density at radius 2 is 1.46 bits per heavy atom. The Morgan fingerprint density at radius 1 is 0.885 bits per heavy atom. The molecule has 3 nitrogen and oxygen atoms in total. The molecule has 0 spiro atoms. The molecular weight excluding hydrogens is 320 g/mol. The van der Waals surface area contributed by atoms with Gasteiger partial charge < -0.3 is 5.32 Å². The second-order valence-corrected chi connectivity index (χ2v) is 7.76. The highest BCUT2D eigenvalue weighted by Crippen LogP contribution is 2.35. The van der Waals surface area contributed by atoms with Gasteiger partial charge in [-0.1, -0.05) is 60.7 Å². The minimum absolute atomic E-state index is 0.165. The SMILES string of the molecule is O=C(Cc1ccccc1)NC1CC2CCC(C1)N2CCc1ccccc1.